The first-order valence-electron chi connectivity index (χ1n) is 8.68. The van der Waals surface area contributed by atoms with Crippen LogP contribution in [0, 0.1) is 24.0 Å². The average Bonchev–Trinajstić information content (AvgIpc) is 3.39. The van der Waals surface area contributed by atoms with Gasteiger partial charge in [0.2, 0.25) is 0 Å². The van der Waals surface area contributed by atoms with Crippen molar-refractivity contribution in [1.82, 2.24) is 29.0 Å². The van der Waals surface area contributed by atoms with E-state index in [4.69, 9.17) is 0 Å². The van der Waals surface area contributed by atoms with E-state index in [0.29, 0.717) is 6.54 Å². The van der Waals surface area contributed by atoms with Gasteiger partial charge in [-0.3, -0.25) is 19.3 Å². The second kappa shape index (κ2) is 7.09. The minimum atomic E-state index is -0.535. The maximum atomic E-state index is 12.9. The van der Waals surface area contributed by atoms with Gasteiger partial charge < -0.3 is 4.90 Å². The highest BCUT2D eigenvalue weighted by Crippen LogP contribution is 2.25. The molecule has 0 radical (unpaired) electrons. The van der Waals surface area contributed by atoms with E-state index in [9.17, 15) is 14.9 Å². The summed E-state index contributed by atoms with van der Waals surface area (Å²) in [6.07, 6.45) is 4.65. The van der Waals surface area contributed by atoms with Crippen LogP contribution in [0.2, 0.25) is 0 Å². The molecule has 0 aliphatic carbocycles. The molecule has 4 rings (SSSR count). The number of amides is 1. The molecule has 0 saturated heterocycles. The molecule has 1 amide bonds. The van der Waals surface area contributed by atoms with Gasteiger partial charge in [0.05, 0.1) is 22.9 Å². The molecule has 3 heterocycles. The quantitative estimate of drug-likeness (QED) is 0.369. The lowest BCUT2D eigenvalue weighted by molar-refractivity contribution is -0.384. The number of benzene rings is 1. The van der Waals surface area contributed by atoms with Gasteiger partial charge in [0.25, 0.3) is 11.6 Å². The fraction of sp³-hybridized carbons (Fsp3) is 0.222. The number of carbonyl (C=O) groups is 1. The second-order valence-electron chi connectivity index (χ2n) is 6.60. The molecule has 0 fully saturated rings. The van der Waals surface area contributed by atoms with Gasteiger partial charge in [-0.05, 0) is 26.0 Å². The highest BCUT2D eigenvalue weighted by atomic mass is 32.1. The summed E-state index contributed by atoms with van der Waals surface area (Å²) in [7, 11) is 1.66. The van der Waals surface area contributed by atoms with Gasteiger partial charge in [0.15, 0.2) is 4.96 Å². The molecule has 0 spiro atoms. The summed E-state index contributed by atoms with van der Waals surface area (Å²) in [6.45, 7) is 4.24. The number of nitro benzene ring substituents is 1. The third kappa shape index (κ3) is 3.36. The Kier molecular flexibility index (Phi) is 4.59. The highest BCUT2D eigenvalue weighted by Gasteiger charge is 2.22. The fourth-order valence-corrected chi connectivity index (χ4v) is 4.04. The number of nitrogens with zero attached hydrogens (tertiary/aromatic N) is 7. The van der Waals surface area contributed by atoms with Crippen molar-refractivity contribution in [2.75, 3.05) is 7.05 Å². The number of imidazole rings is 1. The third-order valence-electron chi connectivity index (χ3n) is 4.56. The van der Waals surface area contributed by atoms with Crippen LogP contribution < -0.4 is 0 Å². The van der Waals surface area contributed by atoms with Gasteiger partial charge in [-0.1, -0.05) is 0 Å². The Bertz CT molecular complexity index is 1230. The standard InChI is InChI=1S/C18H17N7O3S/c1-11-7-23-16(12(2)21-18(23)29-11)8-22(3)17(26)13-4-5-14(15(6-13)25(27)28)24-10-19-9-20-24/h4-7,9-10H,8H2,1-3H3. The van der Waals surface area contributed by atoms with E-state index in [-0.39, 0.29) is 22.8 Å². The van der Waals surface area contributed by atoms with E-state index in [1.807, 2.05) is 24.4 Å². The molecule has 148 valence electrons. The summed E-state index contributed by atoms with van der Waals surface area (Å²) in [4.78, 5) is 35.8. The zero-order valence-corrected chi connectivity index (χ0v) is 16.8. The van der Waals surface area contributed by atoms with E-state index in [1.54, 1.807) is 24.5 Å². The number of aromatic nitrogens is 5. The molecule has 1 aromatic carbocycles. The molecule has 3 aromatic heterocycles. The minimum Gasteiger partial charge on any atom is -0.336 e. The van der Waals surface area contributed by atoms with E-state index >= 15 is 0 Å². The number of rotatable bonds is 5. The van der Waals surface area contributed by atoms with Crippen molar-refractivity contribution in [3.8, 4) is 5.69 Å². The number of aryl methyl sites for hydroxylation is 2. The third-order valence-corrected chi connectivity index (χ3v) is 5.46. The zero-order valence-electron chi connectivity index (χ0n) is 15.9. The molecule has 0 aliphatic rings. The second-order valence-corrected chi connectivity index (χ2v) is 7.81. The predicted octanol–water partition coefficient (Wildman–Crippen LogP) is 2.77. The van der Waals surface area contributed by atoms with E-state index in [0.717, 1.165) is 21.2 Å². The van der Waals surface area contributed by atoms with Crippen LogP contribution in [0.4, 0.5) is 5.69 Å². The van der Waals surface area contributed by atoms with Gasteiger partial charge in [-0.2, -0.15) is 5.10 Å². The molecule has 10 nitrogen and oxygen atoms in total. The predicted molar refractivity (Wildman–Crippen MR) is 106 cm³/mol. The Labute approximate surface area is 169 Å². The summed E-state index contributed by atoms with van der Waals surface area (Å²) in [6, 6.07) is 4.32. The van der Waals surface area contributed by atoms with Gasteiger partial charge in [0.1, 0.15) is 18.3 Å². The molecule has 4 aromatic rings. The number of nitro groups is 1. The molecule has 29 heavy (non-hydrogen) atoms. The van der Waals surface area contributed by atoms with Gasteiger partial charge in [0, 0.05) is 29.8 Å². The number of hydrogen-bond donors (Lipinski definition) is 0. The number of carbonyl (C=O) groups excluding carboxylic acids is 1. The van der Waals surface area contributed by atoms with Crippen molar-refractivity contribution < 1.29 is 9.72 Å². The first kappa shape index (κ1) is 18.7. The lowest BCUT2D eigenvalue weighted by Crippen LogP contribution is -2.27. The number of thiazole rings is 1. The van der Waals surface area contributed by atoms with E-state index < -0.39 is 4.92 Å². The van der Waals surface area contributed by atoms with Crippen LogP contribution in [-0.2, 0) is 6.54 Å². The monoisotopic (exact) mass is 411 g/mol. The average molecular weight is 411 g/mol. The van der Waals surface area contributed by atoms with Crippen LogP contribution in [0.1, 0.15) is 26.6 Å². The Balaban J connectivity index is 1.64. The molecule has 0 N–H and O–H groups in total. The van der Waals surface area contributed by atoms with Crippen LogP contribution >= 0.6 is 11.3 Å². The van der Waals surface area contributed by atoms with Crippen LogP contribution in [0.15, 0.2) is 37.1 Å². The molecule has 0 unspecified atom stereocenters. The van der Waals surface area contributed by atoms with Gasteiger partial charge in [-0.25, -0.2) is 14.6 Å². The summed E-state index contributed by atoms with van der Waals surface area (Å²) in [5.74, 6) is -0.320. The molecule has 0 bridgehead atoms. The summed E-state index contributed by atoms with van der Waals surface area (Å²) >= 11 is 1.58. The van der Waals surface area contributed by atoms with Crippen molar-refractivity contribution in [1.29, 1.82) is 0 Å². The lowest BCUT2D eigenvalue weighted by atomic mass is 10.1. The number of hydrogen-bond acceptors (Lipinski definition) is 7. The van der Waals surface area contributed by atoms with Crippen LogP contribution in [0.5, 0.6) is 0 Å². The highest BCUT2D eigenvalue weighted by molar-refractivity contribution is 7.17. The Morgan fingerprint density at radius 3 is 2.83 bits per heavy atom. The van der Waals surface area contributed by atoms with Crippen molar-refractivity contribution in [3.63, 3.8) is 0 Å². The molecule has 0 aliphatic heterocycles. The van der Waals surface area contributed by atoms with Crippen LogP contribution in [-0.4, -0.2) is 46.9 Å². The maximum Gasteiger partial charge on any atom is 0.295 e. The van der Waals surface area contributed by atoms with E-state index in [1.165, 1.54) is 34.4 Å². The first-order chi connectivity index (χ1) is 13.8. The zero-order chi connectivity index (χ0) is 20.7. The summed E-state index contributed by atoms with van der Waals surface area (Å²) in [5.41, 5.74) is 2.01. The van der Waals surface area contributed by atoms with Crippen LogP contribution in [0.25, 0.3) is 10.6 Å². The summed E-state index contributed by atoms with van der Waals surface area (Å²) in [5, 5.41) is 15.4. The first-order valence-corrected chi connectivity index (χ1v) is 9.49. The Hall–Kier alpha value is -3.60. The summed E-state index contributed by atoms with van der Waals surface area (Å²) < 4.78 is 3.27. The number of fused-ring (bicyclic) bond motifs is 1. The van der Waals surface area contributed by atoms with Gasteiger partial charge >= 0.3 is 0 Å². The normalized spacial score (nSPS) is 11.1. The van der Waals surface area contributed by atoms with Crippen molar-refractivity contribution in [3.05, 3.63) is 69.0 Å². The largest absolute Gasteiger partial charge is 0.336 e. The molecule has 0 saturated carbocycles. The molecular formula is C18H17N7O3S. The fourth-order valence-electron chi connectivity index (χ4n) is 3.15. The topological polar surface area (TPSA) is 111 Å². The molecule has 11 heteroatoms. The van der Waals surface area contributed by atoms with Crippen molar-refractivity contribution in [2.24, 2.45) is 0 Å². The van der Waals surface area contributed by atoms with Crippen LogP contribution in [0.3, 0.4) is 0 Å². The van der Waals surface area contributed by atoms with Gasteiger partial charge in [-0.15, -0.1) is 11.3 Å². The van der Waals surface area contributed by atoms with Crippen molar-refractivity contribution in [2.45, 2.75) is 20.4 Å². The van der Waals surface area contributed by atoms with Crippen molar-refractivity contribution >= 4 is 27.9 Å². The smallest absolute Gasteiger partial charge is 0.295 e. The lowest BCUT2D eigenvalue weighted by Gasteiger charge is -2.17. The minimum absolute atomic E-state index is 0.217. The maximum absolute atomic E-state index is 12.9. The molecule has 0 atom stereocenters. The molecular weight excluding hydrogens is 394 g/mol. The van der Waals surface area contributed by atoms with E-state index in [2.05, 4.69) is 15.1 Å². The SMILES string of the molecule is Cc1cn2c(CN(C)C(=O)c3ccc(-n4cncn4)c([N+](=O)[O-])c3)c(C)nc2s1. The Morgan fingerprint density at radius 2 is 2.14 bits per heavy atom. The Morgan fingerprint density at radius 1 is 1.34 bits per heavy atom.